The molecule has 0 aromatic heterocycles. The summed E-state index contributed by atoms with van der Waals surface area (Å²) in [6.07, 6.45) is 1.03. The highest BCUT2D eigenvalue weighted by molar-refractivity contribution is 5.78. The Labute approximate surface area is 161 Å². The van der Waals surface area contributed by atoms with Gasteiger partial charge in [-0.2, -0.15) is 0 Å². The molecule has 1 aliphatic heterocycles. The Morgan fingerprint density at radius 1 is 1.07 bits per heavy atom. The van der Waals surface area contributed by atoms with Crippen LogP contribution in [0.3, 0.4) is 0 Å². The molecule has 5 heteroatoms. The summed E-state index contributed by atoms with van der Waals surface area (Å²) in [6.45, 7) is 7.04. The van der Waals surface area contributed by atoms with Gasteiger partial charge in [-0.3, -0.25) is 4.79 Å². The molecule has 1 fully saturated rings. The maximum atomic E-state index is 12.6. The molecule has 0 aliphatic carbocycles. The van der Waals surface area contributed by atoms with Crippen LogP contribution in [0.4, 0.5) is 5.69 Å². The van der Waals surface area contributed by atoms with Crippen LogP contribution in [0.25, 0.3) is 0 Å². The van der Waals surface area contributed by atoms with E-state index in [1.54, 1.807) is 6.07 Å². The summed E-state index contributed by atoms with van der Waals surface area (Å²) in [5, 5.41) is 10.00. The number of anilines is 1. The van der Waals surface area contributed by atoms with Gasteiger partial charge in [0.1, 0.15) is 11.5 Å². The topological polar surface area (TPSA) is 53.0 Å². The van der Waals surface area contributed by atoms with Crippen molar-refractivity contribution in [1.82, 2.24) is 4.90 Å². The van der Waals surface area contributed by atoms with Gasteiger partial charge in [-0.05, 0) is 36.1 Å². The fourth-order valence-electron chi connectivity index (χ4n) is 3.40. The Bertz CT molecular complexity index is 770. The highest BCUT2D eigenvalue weighted by atomic mass is 16.5. The number of hydrogen-bond acceptors (Lipinski definition) is 4. The molecule has 1 aliphatic rings. The number of phenols is 1. The summed E-state index contributed by atoms with van der Waals surface area (Å²) in [5.41, 5.74) is 1.97. The van der Waals surface area contributed by atoms with Crippen LogP contribution in [-0.2, 0) is 4.79 Å². The number of ether oxygens (including phenoxy) is 1. The number of rotatable bonds is 6. The molecular weight excluding hydrogens is 340 g/mol. The maximum Gasteiger partial charge on any atom is 0.260 e. The number of carbonyl (C=O) groups excluding carboxylic acids is 1. The maximum absolute atomic E-state index is 12.6. The number of hydrogen-bond donors (Lipinski definition) is 1. The van der Waals surface area contributed by atoms with Crippen molar-refractivity contribution in [2.24, 2.45) is 0 Å². The van der Waals surface area contributed by atoms with Crippen molar-refractivity contribution < 1.29 is 14.6 Å². The second kappa shape index (κ2) is 8.80. The summed E-state index contributed by atoms with van der Waals surface area (Å²) in [5.74, 6) is 1.49. The van der Waals surface area contributed by atoms with Crippen molar-refractivity contribution in [3.63, 3.8) is 0 Å². The first-order valence-electron chi connectivity index (χ1n) is 9.62. The third-order valence-corrected chi connectivity index (χ3v) is 5.27. The third-order valence-electron chi connectivity index (χ3n) is 5.27. The monoisotopic (exact) mass is 368 g/mol. The first kappa shape index (κ1) is 19.1. The second-order valence-corrected chi connectivity index (χ2v) is 6.99. The van der Waals surface area contributed by atoms with E-state index in [0.717, 1.165) is 23.4 Å². The predicted octanol–water partition coefficient (Wildman–Crippen LogP) is 3.63. The largest absolute Gasteiger partial charge is 0.506 e. The van der Waals surface area contributed by atoms with E-state index in [-0.39, 0.29) is 18.3 Å². The zero-order valence-electron chi connectivity index (χ0n) is 16.1. The van der Waals surface area contributed by atoms with E-state index in [2.05, 4.69) is 24.8 Å². The van der Waals surface area contributed by atoms with Crippen LogP contribution in [0.15, 0.2) is 48.5 Å². The summed E-state index contributed by atoms with van der Waals surface area (Å²) in [7, 11) is 0. The van der Waals surface area contributed by atoms with E-state index in [0.29, 0.717) is 32.1 Å². The smallest absolute Gasteiger partial charge is 0.260 e. The van der Waals surface area contributed by atoms with Crippen LogP contribution in [0, 0.1) is 0 Å². The SMILES string of the molecule is CCC(C)c1ccccc1OCC(=O)N1CCN(c2ccccc2O)CC1. The number of benzene rings is 2. The van der Waals surface area contributed by atoms with Crippen molar-refractivity contribution in [3.05, 3.63) is 54.1 Å². The third kappa shape index (κ3) is 4.54. The molecule has 0 spiro atoms. The summed E-state index contributed by atoms with van der Waals surface area (Å²) < 4.78 is 5.86. The molecule has 5 nitrogen and oxygen atoms in total. The Balaban J connectivity index is 1.54. The van der Waals surface area contributed by atoms with Crippen molar-refractivity contribution in [3.8, 4) is 11.5 Å². The standard InChI is InChI=1S/C22H28N2O3/c1-3-17(2)18-8-4-7-11-21(18)27-16-22(26)24-14-12-23(13-15-24)19-9-5-6-10-20(19)25/h4-11,17,25H,3,12-16H2,1-2H3. The van der Waals surface area contributed by atoms with Gasteiger partial charge in [0.2, 0.25) is 0 Å². The molecule has 1 heterocycles. The second-order valence-electron chi connectivity index (χ2n) is 6.99. The molecule has 1 unspecified atom stereocenters. The van der Waals surface area contributed by atoms with Crippen LogP contribution in [0.2, 0.25) is 0 Å². The van der Waals surface area contributed by atoms with Crippen LogP contribution < -0.4 is 9.64 Å². The van der Waals surface area contributed by atoms with E-state index in [4.69, 9.17) is 4.74 Å². The van der Waals surface area contributed by atoms with Gasteiger partial charge in [0.15, 0.2) is 6.61 Å². The molecule has 1 atom stereocenters. The molecule has 1 saturated heterocycles. The molecule has 1 N–H and O–H groups in total. The van der Waals surface area contributed by atoms with E-state index >= 15 is 0 Å². The van der Waals surface area contributed by atoms with Gasteiger partial charge < -0.3 is 19.6 Å². The Hall–Kier alpha value is -2.69. The Morgan fingerprint density at radius 2 is 1.74 bits per heavy atom. The number of para-hydroxylation sites is 3. The van der Waals surface area contributed by atoms with Crippen LogP contribution in [-0.4, -0.2) is 48.7 Å². The number of amides is 1. The minimum Gasteiger partial charge on any atom is -0.506 e. The molecule has 3 rings (SSSR count). The fraction of sp³-hybridized carbons (Fsp3) is 0.409. The average molecular weight is 368 g/mol. The zero-order chi connectivity index (χ0) is 19.2. The summed E-state index contributed by atoms with van der Waals surface area (Å²) >= 11 is 0. The number of nitrogens with zero attached hydrogens (tertiary/aromatic N) is 2. The minimum atomic E-state index is 0.00545. The van der Waals surface area contributed by atoms with Gasteiger partial charge in [-0.1, -0.05) is 44.2 Å². The zero-order valence-corrected chi connectivity index (χ0v) is 16.1. The fourth-order valence-corrected chi connectivity index (χ4v) is 3.40. The van der Waals surface area contributed by atoms with Gasteiger partial charge >= 0.3 is 0 Å². The van der Waals surface area contributed by atoms with Gasteiger partial charge in [-0.15, -0.1) is 0 Å². The van der Waals surface area contributed by atoms with Gasteiger partial charge in [0, 0.05) is 26.2 Å². The lowest BCUT2D eigenvalue weighted by atomic mass is 9.98. The van der Waals surface area contributed by atoms with Gasteiger partial charge in [0.25, 0.3) is 5.91 Å². The lowest BCUT2D eigenvalue weighted by Gasteiger charge is -2.36. The molecular formula is C22H28N2O3. The lowest BCUT2D eigenvalue weighted by Crippen LogP contribution is -2.50. The molecule has 0 bridgehead atoms. The Morgan fingerprint density at radius 3 is 2.44 bits per heavy atom. The minimum absolute atomic E-state index is 0.00545. The summed E-state index contributed by atoms with van der Waals surface area (Å²) in [4.78, 5) is 16.5. The molecule has 0 radical (unpaired) electrons. The van der Waals surface area contributed by atoms with Crippen molar-refractivity contribution in [2.45, 2.75) is 26.2 Å². The number of aromatic hydroxyl groups is 1. The molecule has 1 amide bonds. The number of piperazine rings is 1. The van der Waals surface area contributed by atoms with Crippen LogP contribution in [0.5, 0.6) is 11.5 Å². The van der Waals surface area contributed by atoms with Crippen molar-refractivity contribution >= 4 is 11.6 Å². The highest BCUT2D eigenvalue weighted by Gasteiger charge is 2.23. The van der Waals surface area contributed by atoms with E-state index in [1.165, 1.54) is 0 Å². The van der Waals surface area contributed by atoms with Gasteiger partial charge in [0.05, 0.1) is 5.69 Å². The van der Waals surface area contributed by atoms with E-state index in [1.807, 2.05) is 41.3 Å². The number of carbonyl (C=O) groups is 1. The van der Waals surface area contributed by atoms with Crippen molar-refractivity contribution in [2.75, 3.05) is 37.7 Å². The van der Waals surface area contributed by atoms with E-state index < -0.39 is 0 Å². The van der Waals surface area contributed by atoms with Crippen LogP contribution in [0.1, 0.15) is 31.7 Å². The lowest BCUT2D eigenvalue weighted by molar-refractivity contribution is -0.133. The van der Waals surface area contributed by atoms with Crippen LogP contribution >= 0.6 is 0 Å². The first-order chi connectivity index (χ1) is 13.1. The predicted molar refractivity (Wildman–Crippen MR) is 108 cm³/mol. The molecule has 27 heavy (non-hydrogen) atoms. The molecule has 0 saturated carbocycles. The van der Waals surface area contributed by atoms with Crippen molar-refractivity contribution in [1.29, 1.82) is 0 Å². The Kier molecular flexibility index (Phi) is 6.22. The summed E-state index contributed by atoms with van der Waals surface area (Å²) in [6, 6.07) is 15.3. The quantitative estimate of drug-likeness (QED) is 0.846. The van der Waals surface area contributed by atoms with E-state index in [9.17, 15) is 9.90 Å². The van der Waals surface area contributed by atoms with Gasteiger partial charge in [-0.25, -0.2) is 0 Å². The number of phenolic OH excluding ortho intramolecular Hbond substituents is 1. The first-order valence-corrected chi connectivity index (χ1v) is 9.62. The molecule has 2 aromatic rings. The average Bonchev–Trinajstić information content (AvgIpc) is 2.72. The highest BCUT2D eigenvalue weighted by Crippen LogP contribution is 2.29. The molecule has 144 valence electrons. The molecule has 2 aromatic carbocycles. The normalized spacial score (nSPS) is 15.5.